The number of hydrogen-bond acceptors (Lipinski definition) is 3. The van der Waals surface area contributed by atoms with Crippen LogP contribution in [0.1, 0.15) is 0 Å². The van der Waals surface area contributed by atoms with Crippen molar-refractivity contribution in [1.29, 1.82) is 0 Å². The Morgan fingerprint density at radius 2 is 1.44 bits per heavy atom. The first-order valence-corrected chi connectivity index (χ1v) is 3.50. The van der Waals surface area contributed by atoms with Gasteiger partial charge < -0.3 is 18.9 Å². The minimum Gasteiger partial charge on any atom is -0.750 e. The first-order valence-electron chi connectivity index (χ1n) is 1.17. The molecule has 52 valence electrons. The predicted octanol–water partition coefficient (Wildman–Crippen LogP) is -4.30. The minimum atomic E-state index is -3.13. The average molecular weight is 186 g/mol. The fourth-order valence-electron chi connectivity index (χ4n) is 0. The van der Waals surface area contributed by atoms with E-state index in [0.29, 0.717) is 0 Å². The molecule has 0 rings (SSSR count). The van der Waals surface area contributed by atoms with E-state index in [-0.39, 0.29) is 29.6 Å². The summed E-state index contributed by atoms with van der Waals surface area (Å²) in [6.45, 7) is 0. The van der Waals surface area contributed by atoms with Crippen molar-refractivity contribution >= 4 is 19.6 Å². The maximum Gasteiger partial charge on any atom is 1.00 e. The van der Waals surface area contributed by atoms with Crippen molar-refractivity contribution in [2.45, 2.75) is 0 Å². The Balaban J connectivity index is -0.0000000720. The van der Waals surface area contributed by atoms with E-state index in [4.69, 9.17) is 27.7 Å². The van der Waals surface area contributed by atoms with Crippen LogP contribution in [0.3, 0.4) is 0 Å². The molecule has 9 heavy (non-hydrogen) atoms. The summed E-state index contributed by atoms with van der Waals surface area (Å²) >= 11 is -2.86. The van der Waals surface area contributed by atoms with Gasteiger partial charge in [-0.25, -0.2) is 4.21 Å². The molecule has 0 fully saturated rings. The molecule has 0 spiro atoms. The van der Waals surface area contributed by atoms with Gasteiger partial charge in [-0.15, -0.1) is 0 Å². The second kappa shape index (κ2) is 12.0. The molecular formula is H4NaO6PS. The molecule has 0 aromatic heterocycles. The van der Waals surface area contributed by atoms with E-state index in [0.717, 1.165) is 0 Å². The van der Waals surface area contributed by atoms with Gasteiger partial charge in [0.2, 0.25) is 0 Å². The first kappa shape index (κ1) is 16.7. The molecule has 0 aromatic carbocycles. The van der Waals surface area contributed by atoms with Gasteiger partial charge in [0, 0.05) is 0 Å². The van der Waals surface area contributed by atoms with E-state index < -0.39 is 19.6 Å². The van der Waals surface area contributed by atoms with Gasteiger partial charge in [0.1, 0.15) is 0 Å². The largest absolute Gasteiger partial charge is 1.00 e. The van der Waals surface area contributed by atoms with Crippen LogP contribution in [0.2, 0.25) is 0 Å². The molecule has 0 heterocycles. The summed E-state index contributed by atoms with van der Waals surface area (Å²) in [4.78, 5) is 14.3. The molecule has 0 bridgehead atoms. The van der Waals surface area contributed by atoms with Crippen molar-refractivity contribution in [3.05, 3.63) is 0 Å². The molecule has 9 heteroatoms. The quantitative estimate of drug-likeness (QED) is 0.200. The van der Waals surface area contributed by atoms with Gasteiger partial charge in [-0.2, -0.15) is 0 Å². The van der Waals surface area contributed by atoms with Gasteiger partial charge in [0.15, 0.2) is 0 Å². The Bertz CT molecular complexity index is 71.1. The minimum absolute atomic E-state index is 0. The molecule has 3 N–H and O–H groups in total. The van der Waals surface area contributed by atoms with Crippen molar-refractivity contribution < 1.29 is 57.2 Å². The van der Waals surface area contributed by atoms with Crippen LogP contribution in [-0.2, 0) is 15.9 Å². The summed E-state index contributed by atoms with van der Waals surface area (Å²) in [5.41, 5.74) is 0. The van der Waals surface area contributed by atoms with E-state index in [1.54, 1.807) is 0 Å². The third-order valence-electron chi connectivity index (χ3n) is 0. The van der Waals surface area contributed by atoms with Crippen molar-refractivity contribution in [3.63, 3.8) is 0 Å². The second-order valence-corrected chi connectivity index (χ2v) is 1.50. The third-order valence-corrected chi connectivity index (χ3v) is 0. The summed E-state index contributed by atoms with van der Waals surface area (Å²) in [6, 6.07) is 0. The molecule has 0 saturated carbocycles. The van der Waals surface area contributed by atoms with Gasteiger partial charge in [-0.05, 0) is 0 Å². The van der Waals surface area contributed by atoms with Crippen molar-refractivity contribution in [2.24, 2.45) is 0 Å². The number of rotatable bonds is 0. The van der Waals surface area contributed by atoms with Crippen LogP contribution < -0.4 is 29.6 Å². The Morgan fingerprint density at radius 3 is 1.44 bits per heavy atom. The van der Waals surface area contributed by atoms with Gasteiger partial charge in [-0.3, -0.25) is 4.57 Å². The van der Waals surface area contributed by atoms with Crippen LogP contribution in [0.15, 0.2) is 0 Å². The monoisotopic (exact) mass is 186 g/mol. The number of hydrogen-bond donors (Lipinski definition) is 3. The van der Waals surface area contributed by atoms with Gasteiger partial charge in [0.25, 0.3) is 0 Å². The van der Waals surface area contributed by atoms with Crippen LogP contribution in [-0.4, -0.2) is 23.1 Å². The summed E-state index contributed by atoms with van der Waals surface area (Å²) in [7, 11) is -3.13. The van der Waals surface area contributed by atoms with E-state index in [1.807, 2.05) is 0 Å². The van der Waals surface area contributed by atoms with Gasteiger partial charge >= 0.3 is 37.8 Å². The molecule has 1 unspecified atom stereocenters. The molecule has 0 aliphatic carbocycles. The average Bonchev–Trinajstić information content (AvgIpc) is 1.25. The fourth-order valence-corrected chi connectivity index (χ4v) is 0. The Morgan fingerprint density at radius 1 is 1.44 bits per heavy atom. The summed E-state index contributed by atoms with van der Waals surface area (Å²) in [5, 5.41) is 0. The predicted molar refractivity (Wildman–Crippen MR) is 25.0 cm³/mol. The second-order valence-electron chi connectivity index (χ2n) is 0.500. The maximum absolute atomic E-state index is 8.74. The standard InChI is InChI=1S/Na.H3O3P.H2O3S/c;2*1-4(2)3/h;4H,(H2,1,2,3);(H2,1,2,3)/q+1;;/p-1. The molecule has 0 aliphatic rings. The third kappa shape index (κ3) is 323. The summed E-state index contributed by atoms with van der Waals surface area (Å²) < 4.78 is 32.8. The molecule has 0 saturated heterocycles. The SMILES string of the molecule is O=S([O-])O.O=[PH](O)O.[Na+]. The van der Waals surface area contributed by atoms with Gasteiger partial charge in [0.05, 0.1) is 11.4 Å². The topological polar surface area (TPSA) is 118 Å². The summed E-state index contributed by atoms with van der Waals surface area (Å²) in [5.74, 6) is 0. The smallest absolute Gasteiger partial charge is 0.750 e. The molecule has 1 atom stereocenters. The molecule has 0 amide bonds. The molecule has 0 aliphatic heterocycles. The van der Waals surface area contributed by atoms with Crippen LogP contribution in [0.5, 0.6) is 0 Å². The molecule has 6 nitrogen and oxygen atoms in total. The van der Waals surface area contributed by atoms with E-state index in [9.17, 15) is 0 Å². The van der Waals surface area contributed by atoms with E-state index in [1.165, 1.54) is 0 Å². The molecule has 0 aromatic rings. The van der Waals surface area contributed by atoms with Crippen LogP contribution in [0.25, 0.3) is 0 Å². The Kier molecular flexibility index (Phi) is 22.1. The maximum atomic E-state index is 8.74. The van der Waals surface area contributed by atoms with Crippen LogP contribution >= 0.6 is 8.25 Å². The zero-order chi connectivity index (χ0) is 7.15. The molecular weight excluding hydrogens is 182 g/mol. The normalized spacial score (nSPS) is 10.8. The molecule has 0 radical (unpaired) electrons. The van der Waals surface area contributed by atoms with Crippen molar-refractivity contribution in [1.82, 2.24) is 0 Å². The Labute approximate surface area is 76.6 Å². The zero-order valence-electron chi connectivity index (χ0n) is 4.47. The zero-order valence-corrected chi connectivity index (χ0v) is 8.29. The summed E-state index contributed by atoms with van der Waals surface area (Å²) in [6.07, 6.45) is 0. The Hall–Kier alpha value is 1.22. The fraction of sp³-hybridized carbons (Fsp3) is 0. The van der Waals surface area contributed by atoms with Crippen LogP contribution in [0.4, 0.5) is 0 Å². The first-order chi connectivity index (χ1) is 3.46. The van der Waals surface area contributed by atoms with E-state index >= 15 is 0 Å². The van der Waals surface area contributed by atoms with Crippen molar-refractivity contribution in [3.8, 4) is 0 Å². The van der Waals surface area contributed by atoms with Crippen LogP contribution in [0, 0.1) is 0 Å². The van der Waals surface area contributed by atoms with Crippen molar-refractivity contribution in [2.75, 3.05) is 0 Å². The van der Waals surface area contributed by atoms with Gasteiger partial charge in [-0.1, -0.05) is 0 Å². The van der Waals surface area contributed by atoms with E-state index in [2.05, 4.69) is 0 Å².